The van der Waals surface area contributed by atoms with Crippen LogP contribution in [0.25, 0.3) is 0 Å². The molecule has 1 aromatic rings. The Bertz CT molecular complexity index is 709. The van der Waals surface area contributed by atoms with Gasteiger partial charge in [-0.2, -0.15) is 0 Å². The van der Waals surface area contributed by atoms with E-state index in [1.165, 1.54) is 5.56 Å². The standard InChI is InChI=1S/C18H25NO4S/c1-13(2)14-4-3-5-17(10-14)23-11-18(20)19(15-6-7-15)16-8-9-24(21,22)12-16/h3-5,10,13,15-16H,6-9,11-12H2,1-2H3. The SMILES string of the molecule is CC(C)c1cccc(OCC(=O)N(C2CC2)C2CCS(=O)(=O)C2)c1. The van der Waals surface area contributed by atoms with Crippen LogP contribution in [0.1, 0.15) is 44.6 Å². The number of hydrogen-bond acceptors (Lipinski definition) is 4. The highest BCUT2D eigenvalue weighted by atomic mass is 32.2. The molecule has 0 radical (unpaired) electrons. The highest BCUT2D eigenvalue weighted by Crippen LogP contribution is 2.32. The van der Waals surface area contributed by atoms with Gasteiger partial charge >= 0.3 is 0 Å². The van der Waals surface area contributed by atoms with Crippen molar-refractivity contribution in [1.29, 1.82) is 0 Å². The molecule has 1 heterocycles. The van der Waals surface area contributed by atoms with E-state index in [4.69, 9.17) is 4.74 Å². The van der Waals surface area contributed by atoms with Crippen molar-refractivity contribution in [3.63, 3.8) is 0 Å². The van der Waals surface area contributed by atoms with E-state index < -0.39 is 9.84 Å². The maximum Gasteiger partial charge on any atom is 0.261 e. The fourth-order valence-corrected chi connectivity index (χ4v) is 4.95. The molecule has 1 saturated carbocycles. The van der Waals surface area contributed by atoms with E-state index >= 15 is 0 Å². The van der Waals surface area contributed by atoms with Crippen LogP contribution < -0.4 is 4.74 Å². The molecule has 1 atom stereocenters. The maximum absolute atomic E-state index is 12.6. The van der Waals surface area contributed by atoms with Gasteiger partial charge in [0.1, 0.15) is 5.75 Å². The van der Waals surface area contributed by atoms with Gasteiger partial charge in [0.25, 0.3) is 5.91 Å². The largest absolute Gasteiger partial charge is 0.484 e. The molecule has 0 spiro atoms. The Morgan fingerprint density at radius 3 is 2.58 bits per heavy atom. The molecule has 2 fully saturated rings. The minimum atomic E-state index is -3.00. The van der Waals surface area contributed by atoms with E-state index in [2.05, 4.69) is 13.8 Å². The third kappa shape index (κ3) is 4.09. The summed E-state index contributed by atoms with van der Waals surface area (Å²) in [7, 11) is -3.00. The quantitative estimate of drug-likeness (QED) is 0.789. The van der Waals surface area contributed by atoms with Gasteiger partial charge in [-0.1, -0.05) is 26.0 Å². The van der Waals surface area contributed by atoms with E-state index in [1.807, 2.05) is 24.3 Å². The van der Waals surface area contributed by atoms with Crippen LogP contribution >= 0.6 is 0 Å². The van der Waals surface area contributed by atoms with E-state index in [0.717, 1.165) is 12.8 Å². The van der Waals surface area contributed by atoms with E-state index in [1.54, 1.807) is 4.90 Å². The molecule has 0 bridgehead atoms. The third-order valence-electron chi connectivity index (χ3n) is 4.72. The molecule has 1 saturated heterocycles. The van der Waals surface area contributed by atoms with E-state index in [0.29, 0.717) is 18.1 Å². The van der Waals surface area contributed by atoms with Crippen LogP contribution in [0.4, 0.5) is 0 Å². The first-order valence-electron chi connectivity index (χ1n) is 8.60. The van der Waals surface area contributed by atoms with Crippen LogP contribution in [-0.4, -0.2) is 49.4 Å². The first-order chi connectivity index (χ1) is 11.4. The summed E-state index contributed by atoms with van der Waals surface area (Å²) in [5.41, 5.74) is 1.17. The Hall–Kier alpha value is -1.56. The van der Waals surface area contributed by atoms with Crippen molar-refractivity contribution in [3.05, 3.63) is 29.8 Å². The number of ether oxygens (including phenoxy) is 1. The number of nitrogens with zero attached hydrogens (tertiary/aromatic N) is 1. The maximum atomic E-state index is 12.6. The van der Waals surface area contributed by atoms with Crippen molar-refractivity contribution in [3.8, 4) is 5.75 Å². The van der Waals surface area contributed by atoms with Gasteiger partial charge in [0.05, 0.1) is 11.5 Å². The fourth-order valence-electron chi connectivity index (χ4n) is 3.24. The second-order valence-corrected chi connectivity index (χ2v) is 9.33. The Balaban J connectivity index is 1.63. The Morgan fingerprint density at radius 2 is 2.00 bits per heavy atom. The molecule has 1 amide bonds. The van der Waals surface area contributed by atoms with Gasteiger partial charge in [-0.05, 0) is 42.9 Å². The average molecular weight is 351 g/mol. The molecular formula is C18H25NO4S. The van der Waals surface area contributed by atoms with Crippen molar-refractivity contribution in [2.24, 2.45) is 0 Å². The van der Waals surface area contributed by atoms with Crippen molar-refractivity contribution < 1.29 is 17.9 Å². The number of hydrogen-bond donors (Lipinski definition) is 0. The molecule has 2 aliphatic rings. The predicted molar refractivity (Wildman–Crippen MR) is 93.0 cm³/mol. The van der Waals surface area contributed by atoms with Crippen LogP contribution in [-0.2, 0) is 14.6 Å². The van der Waals surface area contributed by atoms with Gasteiger partial charge in [0, 0.05) is 12.1 Å². The van der Waals surface area contributed by atoms with E-state index in [-0.39, 0.29) is 36.1 Å². The summed E-state index contributed by atoms with van der Waals surface area (Å²) in [4.78, 5) is 14.4. The zero-order valence-electron chi connectivity index (χ0n) is 14.3. The number of rotatable bonds is 6. The zero-order chi connectivity index (χ0) is 17.3. The normalized spacial score (nSPS) is 22.5. The molecule has 1 aromatic carbocycles. The van der Waals surface area contributed by atoms with Gasteiger partial charge in [-0.15, -0.1) is 0 Å². The van der Waals surface area contributed by atoms with Gasteiger partial charge in [0.2, 0.25) is 0 Å². The van der Waals surface area contributed by atoms with Crippen molar-refractivity contribution in [2.45, 2.75) is 51.1 Å². The predicted octanol–water partition coefficient (Wildman–Crippen LogP) is 2.37. The van der Waals surface area contributed by atoms with Crippen LogP contribution in [0.5, 0.6) is 5.75 Å². The van der Waals surface area contributed by atoms with E-state index in [9.17, 15) is 13.2 Å². The molecule has 0 N–H and O–H groups in total. The summed E-state index contributed by atoms with van der Waals surface area (Å²) in [5, 5.41) is 0. The first-order valence-corrected chi connectivity index (χ1v) is 10.4. The zero-order valence-corrected chi connectivity index (χ0v) is 15.1. The Morgan fingerprint density at radius 1 is 1.25 bits per heavy atom. The second kappa shape index (κ2) is 6.75. The lowest BCUT2D eigenvalue weighted by molar-refractivity contribution is -0.135. The summed E-state index contributed by atoms with van der Waals surface area (Å²) >= 11 is 0. The Labute approximate surface area is 143 Å². The monoisotopic (exact) mass is 351 g/mol. The summed E-state index contributed by atoms with van der Waals surface area (Å²) in [6.07, 6.45) is 2.48. The smallest absolute Gasteiger partial charge is 0.261 e. The molecule has 5 nitrogen and oxygen atoms in total. The third-order valence-corrected chi connectivity index (χ3v) is 6.47. The van der Waals surface area contributed by atoms with Crippen LogP contribution in [0.2, 0.25) is 0 Å². The molecule has 6 heteroatoms. The van der Waals surface area contributed by atoms with Gasteiger partial charge in [-0.3, -0.25) is 4.79 Å². The lowest BCUT2D eigenvalue weighted by Crippen LogP contribution is -2.45. The summed E-state index contributed by atoms with van der Waals surface area (Å²) in [6.45, 7) is 4.19. The van der Waals surface area contributed by atoms with Crippen molar-refractivity contribution in [1.82, 2.24) is 4.90 Å². The lowest BCUT2D eigenvalue weighted by Gasteiger charge is -2.28. The minimum Gasteiger partial charge on any atom is -0.484 e. The molecule has 1 aliphatic carbocycles. The number of carbonyl (C=O) groups excluding carboxylic acids is 1. The fraction of sp³-hybridized carbons (Fsp3) is 0.611. The lowest BCUT2D eigenvalue weighted by atomic mass is 10.0. The highest BCUT2D eigenvalue weighted by molar-refractivity contribution is 7.91. The molecule has 1 unspecified atom stereocenters. The summed E-state index contributed by atoms with van der Waals surface area (Å²) < 4.78 is 29.1. The summed E-state index contributed by atoms with van der Waals surface area (Å²) in [5.74, 6) is 1.26. The second-order valence-electron chi connectivity index (χ2n) is 7.10. The number of carbonyl (C=O) groups is 1. The minimum absolute atomic E-state index is 0.0331. The van der Waals surface area contributed by atoms with Gasteiger partial charge in [0.15, 0.2) is 16.4 Å². The molecule has 132 valence electrons. The van der Waals surface area contributed by atoms with Crippen molar-refractivity contribution >= 4 is 15.7 Å². The Kier molecular flexibility index (Phi) is 4.85. The molecule has 24 heavy (non-hydrogen) atoms. The van der Waals surface area contributed by atoms with Crippen molar-refractivity contribution in [2.75, 3.05) is 18.1 Å². The number of amides is 1. The highest BCUT2D eigenvalue weighted by Gasteiger charge is 2.42. The molecular weight excluding hydrogens is 326 g/mol. The van der Waals surface area contributed by atoms with Crippen LogP contribution in [0, 0.1) is 0 Å². The summed E-state index contributed by atoms with van der Waals surface area (Å²) in [6, 6.07) is 7.79. The molecule has 1 aliphatic heterocycles. The topological polar surface area (TPSA) is 63.7 Å². The molecule has 3 rings (SSSR count). The number of sulfone groups is 1. The van der Waals surface area contributed by atoms with Gasteiger partial charge < -0.3 is 9.64 Å². The van der Waals surface area contributed by atoms with Crippen LogP contribution in [0.15, 0.2) is 24.3 Å². The number of benzene rings is 1. The average Bonchev–Trinajstić information content (AvgIpc) is 3.29. The van der Waals surface area contributed by atoms with Gasteiger partial charge in [-0.25, -0.2) is 8.42 Å². The van der Waals surface area contributed by atoms with Crippen LogP contribution in [0.3, 0.4) is 0 Å². The molecule has 0 aromatic heterocycles. The first kappa shape index (κ1) is 17.3.